The number of benzene rings is 2. The molecule has 1 unspecified atom stereocenters. The van der Waals surface area contributed by atoms with Crippen molar-refractivity contribution in [2.75, 3.05) is 18.8 Å². The Balaban J connectivity index is 1.23. The molecule has 1 saturated carbocycles. The smallest absolute Gasteiger partial charge is 0.255 e. The van der Waals surface area contributed by atoms with Gasteiger partial charge in [0, 0.05) is 23.0 Å². The second-order valence-corrected chi connectivity index (χ2v) is 8.68. The van der Waals surface area contributed by atoms with Gasteiger partial charge in [-0.2, -0.15) is 0 Å². The van der Waals surface area contributed by atoms with Crippen molar-refractivity contribution >= 4 is 29.5 Å². The van der Waals surface area contributed by atoms with Crippen LogP contribution in [0, 0.1) is 0 Å². The van der Waals surface area contributed by atoms with Gasteiger partial charge in [0.1, 0.15) is 6.04 Å². The first-order valence-electron chi connectivity index (χ1n) is 10.3. The van der Waals surface area contributed by atoms with Gasteiger partial charge in [-0.05, 0) is 48.8 Å². The Kier molecular flexibility index (Phi) is 6.38. The molecule has 0 saturated heterocycles. The molecule has 4 rings (SSSR count). The van der Waals surface area contributed by atoms with Crippen LogP contribution in [-0.2, 0) is 9.59 Å². The van der Waals surface area contributed by atoms with Gasteiger partial charge < -0.3 is 15.5 Å². The van der Waals surface area contributed by atoms with Crippen molar-refractivity contribution in [2.45, 2.75) is 36.2 Å². The van der Waals surface area contributed by atoms with E-state index in [4.69, 9.17) is 0 Å². The second kappa shape index (κ2) is 9.34. The van der Waals surface area contributed by atoms with Crippen LogP contribution in [0.1, 0.15) is 41.2 Å². The van der Waals surface area contributed by atoms with E-state index >= 15 is 0 Å². The minimum absolute atomic E-state index is 0.0873. The summed E-state index contributed by atoms with van der Waals surface area (Å²) in [5.41, 5.74) is 1.31. The van der Waals surface area contributed by atoms with Gasteiger partial charge in [0.15, 0.2) is 0 Å². The van der Waals surface area contributed by atoms with Gasteiger partial charge in [-0.3, -0.25) is 14.4 Å². The molecule has 2 N–H and O–H groups in total. The number of carbonyl (C=O) groups is 3. The number of nitrogens with one attached hydrogen (secondary N) is 2. The lowest BCUT2D eigenvalue weighted by molar-refractivity contribution is -0.129. The Bertz CT molecular complexity index is 930. The molecule has 6 nitrogen and oxygen atoms in total. The third-order valence-electron chi connectivity index (χ3n) is 5.27. The van der Waals surface area contributed by atoms with Crippen LogP contribution >= 0.6 is 11.8 Å². The minimum atomic E-state index is -0.642. The first kappa shape index (κ1) is 20.5. The van der Waals surface area contributed by atoms with E-state index in [2.05, 4.69) is 22.8 Å². The van der Waals surface area contributed by atoms with Crippen molar-refractivity contribution in [2.24, 2.45) is 0 Å². The SMILES string of the molecule is O=C(CNC(=O)C1c2ccccc2C(=O)N1C1CC1)NCCCSc1ccccc1. The molecule has 0 spiro atoms. The van der Waals surface area contributed by atoms with E-state index in [1.165, 1.54) is 4.90 Å². The normalized spacial score (nSPS) is 17.5. The lowest BCUT2D eigenvalue weighted by Gasteiger charge is -2.24. The monoisotopic (exact) mass is 423 g/mol. The van der Waals surface area contributed by atoms with Gasteiger partial charge >= 0.3 is 0 Å². The van der Waals surface area contributed by atoms with Gasteiger partial charge in [0.25, 0.3) is 5.91 Å². The number of hydrogen-bond donors (Lipinski definition) is 2. The summed E-state index contributed by atoms with van der Waals surface area (Å²) in [5.74, 6) is 0.306. The van der Waals surface area contributed by atoms with Crippen LogP contribution in [0.2, 0.25) is 0 Å². The molecule has 2 aromatic rings. The fraction of sp³-hybridized carbons (Fsp3) is 0.348. The molecule has 2 aromatic carbocycles. The maximum Gasteiger partial charge on any atom is 0.255 e. The van der Waals surface area contributed by atoms with Crippen LogP contribution in [0.3, 0.4) is 0 Å². The zero-order valence-electron chi connectivity index (χ0n) is 16.7. The van der Waals surface area contributed by atoms with E-state index < -0.39 is 6.04 Å². The standard InChI is InChI=1S/C23H25N3O3S/c27-20(24-13-6-14-30-17-7-2-1-3-8-17)15-25-22(28)21-18-9-4-5-10-19(18)23(29)26(21)16-11-12-16/h1-5,7-10,16,21H,6,11-15H2,(H,24,27)(H,25,28). The summed E-state index contributed by atoms with van der Waals surface area (Å²) in [6.07, 6.45) is 2.69. The number of carbonyl (C=O) groups excluding carboxylic acids is 3. The fourth-order valence-corrected chi connectivity index (χ4v) is 4.54. The molecule has 1 heterocycles. The lowest BCUT2D eigenvalue weighted by atomic mass is 10.0. The second-order valence-electron chi connectivity index (χ2n) is 7.52. The van der Waals surface area contributed by atoms with E-state index in [1.54, 1.807) is 22.7 Å². The average molecular weight is 424 g/mol. The van der Waals surface area contributed by atoms with Crippen LogP contribution < -0.4 is 10.6 Å². The third kappa shape index (κ3) is 4.67. The van der Waals surface area contributed by atoms with E-state index in [1.807, 2.05) is 36.4 Å². The zero-order valence-corrected chi connectivity index (χ0v) is 17.5. The van der Waals surface area contributed by atoms with Crippen LogP contribution in [0.4, 0.5) is 0 Å². The molecule has 0 aromatic heterocycles. The number of rotatable bonds is 9. The van der Waals surface area contributed by atoms with Gasteiger partial charge in [-0.25, -0.2) is 0 Å². The van der Waals surface area contributed by atoms with Gasteiger partial charge in [-0.15, -0.1) is 11.8 Å². The Morgan fingerprint density at radius 2 is 1.73 bits per heavy atom. The highest BCUT2D eigenvalue weighted by molar-refractivity contribution is 7.99. The van der Waals surface area contributed by atoms with Crippen LogP contribution in [0.25, 0.3) is 0 Å². The third-order valence-corrected chi connectivity index (χ3v) is 6.36. The predicted molar refractivity (Wildman–Crippen MR) is 116 cm³/mol. The lowest BCUT2D eigenvalue weighted by Crippen LogP contribution is -2.44. The molecule has 1 aliphatic carbocycles. The van der Waals surface area contributed by atoms with Crippen LogP contribution in [-0.4, -0.2) is 47.5 Å². The maximum absolute atomic E-state index is 12.8. The highest BCUT2D eigenvalue weighted by atomic mass is 32.2. The molecule has 7 heteroatoms. The van der Waals surface area contributed by atoms with Gasteiger partial charge in [0.2, 0.25) is 11.8 Å². The average Bonchev–Trinajstić information content (AvgIpc) is 3.56. The Hall–Kier alpha value is -2.80. The van der Waals surface area contributed by atoms with Crippen molar-refractivity contribution in [3.05, 3.63) is 65.7 Å². The number of nitrogens with zero attached hydrogens (tertiary/aromatic N) is 1. The Labute approximate surface area is 180 Å². The minimum Gasteiger partial charge on any atom is -0.355 e. The van der Waals surface area contributed by atoms with Crippen molar-refractivity contribution in [3.63, 3.8) is 0 Å². The molecular weight excluding hydrogens is 398 g/mol. The van der Waals surface area contributed by atoms with Crippen molar-refractivity contribution in [1.29, 1.82) is 0 Å². The summed E-state index contributed by atoms with van der Waals surface area (Å²) >= 11 is 1.75. The molecule has 1 fully saturated rings. The number of fused-ring (bicyclic) bond motifs is 1. The molecule has 3 amide bonds. The summed E-state index contributed by atoms with van der Waals surface area (Å²) in [5, 5.41) is 5.56. The zero-order chi connectivity index (χ0) is 20.9. The molecule has 0 radical (unpaired) electrons. The summed E-state index contributed by atoms with van der Waals surface area (Å²) in [4.78, 5) is 40.6. The van der Waals surface area contributed by atoms with Gasteiger partial charge in [-0.1, -0.05) is 36.4 Å². The predicted octanol–water partition coefficient (Wildman–Crippen LogP) is 2.76. The van der Waals surface area contributed by atoms with E-state index in [0.717, 1.165) is 30.6 Å². The molecule has 1 atom stereocenters. The number of hydrogen-bond acceptors (Lipinski definition) is 4. The molecule has 156 valence electrons. The quantitative estimate of drug-likeness (QED) is 0.480. The number of thioether (sulfide) groups is 1. The first-order chi connectivity index (χ1) is 14.6. The van der Waals surface area contributed by atoms with Gasteiger partial charge in [0.05, 0.1) is 6.54 Å². The molecular formula is C23H25N3O3S. The Morgan fingerprint density at radius 1 is 1.00 bits per heavy atom. The topological polar surface area (TPSA) is 78.5 Å². The molecule has 2 aliphatic rings. The molecule has 0 bridgehead atoms. The summed E-state index contributed by atoms with van der Waals surface area (Å²) in [6, 6.07) is 16.8. The number of amides is 3. The van der Waals surface area contributed by atoms with Crippen LogP contribution in [0.15, 0.2) is 59.5 Å². The first-order valence-corrected chi connectivity index (χ1v) is 11.3. The van der Waals surface area contributed by atoms with E-state index in [-0.39, 0.29) is 30.3 Å². The maximum atomic E-state index is 12.8. The summed E-state index contributed by atoms with van der Waals surface area (Å²) < 4.78 is 0. The summed E-state index contributed by atoms with van der Waals surface area (Å²) in [7, 11) is 0. The summed E-state index contributed by atoms with van der Waals surface area (Å²) in [6.45, 7) is 0.476. The highest BCUT2D eigenvalue weighted by Gasteiger charge is 2.47. The van der Waals surface area contributed by atoms with Crippen molar-refractivity contribution in [3.8, 4) is 0 Å². The van der Waals surface area contributed by atoms with Crippen LogP contribution in [0.5, 0.6) is 0 Å². The Morgan fingerprint density at radius 3 is 2.50 bits per heavy atom. The van der Waals surface area contributed by atoms with E-state index in [9.17, 15) is 14.4 Å². The highest BCUT2D eigenvalue weighted by Crippen LogP contribution is 2.41. The van der Waals surface area contributed by atoms with Crippen molar-refractivity contribution < 1.29 is 14.4 Å². The fourth-order valence-electron chi connectivity index (χ4n) is 3.67. The molecule has 1 aliphatic heterocycles. The van der Waals surface area contributed by atoms with Crippen molar-refractivity contribution in [1.82, 2.24) is 15.5 Å². The molecule has 30 heavy (non-hydrogen) atoms. The van der Waals surface area contributed by atoms with E-state index in [0.29, 0.717) is 12.1 Å². The largest absolute Gasteiger partial charge is 0.355 e.